The van der Waals surface area contributed by atoms with E-state index < -0.39 is 18.2 Å². The van der Waals surface area contributed by atoms with Crippen molar-refractivity contribution in [3.63, 3.8) is 0 Å². The van der Waals surface area contributed by atoms with Crippen LogP contribution in [0.2, 0.25) is 0 Å². The Bertz CT molecular complexity index is 1830. The van der Waals surface area contributed by atoms with Crippen molar-refractivity contribution < 1.29 is 18.4 Å². The monoisotopic (exact) mass is 510 g/mol. The summed E-state index contributed by atoms with van der Waals surface area (Å²) in [6, 6.07) is 37.9. The molecule has 0 fully saturated rings. The number of carbonyl (C=O) groups excluding carboxylic acids is 2. The topological polar surface area (TPSA) is 85.1 Å². The first-order valence-corrected chi connectivity index (χ1v) is 12.5. The van der Waals surface area contributed by atoms with Crippen LogP contribution in [0.3, 0.4) is 0 Å². The first-order chi connectivity index (χ1) is 19.1. The maximum Gasteiger partial charge on any atom is 0.258 e. The lowest BCUT2D eigenvalue weighted by Gasteiger charge is -2.05. The van der Waals surface area contributed by atoms with Gasteiger partial charge in [0.25, 0.3) is 11.8 Å². The van der Waals surface area contributed by atoms with Crippen LogP contribution in [0.15, 0.2) is 140 Å². The van der Waals surface area contributed by atoms with Crippen molar-refractivity contribution in [2.75, 3.05) is 0 Å². The molecule has 6 rings (SSSR count). The van der Waals surface area contributed by atoms with E-state index in [-0.39, 0.29) is 11.1 Å². The van der Waals surface area contributed by atoms with Crippen molar-refractivity contribution in [2.45, 2.75) is 6.42 Å². The molecule has 0 saturated heterocycles. The van der Waals surface area contributed by atoms with Crippen LogP contribution in [0, 0.1) is 0 Å². The van der Waals surface area contributed by atoms with Gasteiger partial charge in [0.05, 0.1) is 0 Å². The molecule has 2 heterocycles. The molecular weight excluding hydrogens is 488 g/mol. The smallest absolute Gasteiger partial charge is 0.258 e. The molecule has 0 aliphatic rings. The fraction of sp³-hybridized carbons (Fsp3) is 0.0303. The van der Waals surface area contributed by atoms with E-state index in [2.05, 4.69) is 9.98 Å². The van der Waals surface area contributed by atoms with Crippen molar-refractivity contribution in [2.24, 2.45) is 9.98 Å². The van der Waals surface area contributed by atoms with Crippen LogP contribution in [0.4, 0.5) is 0 Å². The standard InChI is InChI=1S/C33H22N2O4/c36-30(34-32-26(22-11-3-1-4-12-22)19-24-15-7-9-17-28(24)38-32)21-31(37)35-33-27(23-13-5-2-6-14-23)20-25-16-8-10-18-29(25)39-33/h1-20H,21H2. The highest BCUT2D eigenvalue weighted by atomic mass is 16.3. The van der Waals surface area contributed by atoms with Crippen molar-refractivity contribution >= 4 is 33.8 Å². The molecular formula is C33H22N2O4. The third-order valence-corrected chi connectivity index (χ3v) is 6.24. The van der Waals surface area contributed by atoms with Crippen molar-refractivity contribution in [3.8, 4) is 22.3 Å². The molecule has 0 aliphatic carbocycles. The molecule has 0 spiro atoms. The van der Waals surface area contributed by atoms with Crippen LogP contribution < -0.4 is 11.1 Å². The van der Waals surface area contributed by atoms with E-state index in [1.54, 1.807) is 12.1 Å². The van der Waals surface area contributed by atoms with Gasteiger partial charge >= 0.3 is 0 Å². The summed E-state index contributed by atoms with van der Waals surface area (Å²) < 4.78 is 12.0. The molecule has 39 heavy (non-hydrogen) atoms. The Balaban J connectivity index is 1.39. The highest BCUT2D eigenvalue weighted by Crippen LogP contribution is 2.22. The number of hydrogen-bond acceptors (Lipinski definition) is 4. The number of fused-ring (bicyclic) bond motifs is 2. The van der Waals surface area contributed by atoms with Gasteiger partial charge in [0, 0.05) is 21.9 Å². The molecule has 6 aromatic rings. The molecule has 0 atom stereocenters. The minimum Gasteiger partial charge on any atom is -0.438 e. The summed E-state index contributed by atoms with van der Waals surface area (Å²) in [5.74, 6) is -1.33. The lowest BCUT2D eigenvalue weighted by Crippen LogP contribution is -2.15. The van der Waals surface area contributed by atoms with Gasteiger partial charge in [-0.1, -0.05) is 97.1 Å². The van der Waals surface area contributed by atoms with Gasteiger partial charge in [0.1, 0.15) is 17.6 Å². The fourth-order valence-corrected chi connectivity index (χ4v) is 4.39. The van der Waals surface area contributed by atoms with Gasteiger partial charge in [-0.25, -0.2) is 0 Å². The summed E-state index contributed by atoms with van der Waals surface area (Å²) >= 11 is 0. The molecule has 0 saturated carbocycles. The third kappa shape index (κ3) is 5.22. The molecule has 6 heteroatoms. The maximum atomic E-state index is 13.0. The van der Waals surface area contributed by atoms with Gasteiger partial charge in [-0.15, -0.1) is 0 Å². The van der Waals surface area contributed by atoms with E-state index in [0.717, 1.165) is 21.9 Å². The quantitative estimate of drug-likeness (QED) is 0.255. The summed E-state index contributed by atoms with van der Waals surface area (Å²) in [4.78, 5) is 34.3. The zero-order valence-electron chi connectivity index (χ0n) is 20.8. The molecule has 188 valence electrons. The van der Waals surface area contributed by atoms with E-state index >= 15 is 0 Å². The molecule has 2 amide bonds. The molecule has 0 radical (unpaired) electrons. The highest BCUT2D eigenvalue weighted by molar-refractivity contribution is 5.98. The summed E-state index contributed by atoms with van der Waals surface area (Å²) in [5, 5.41) is 1.75. The summed E-state index contributed by atoms with van der Waals surface area (Å²) in [5.41, 5.74) is 4.44. The van der Waals surface area contributed by atoms with Crippen LogP contribution in [0.5, 0.6) is 0 Å². The zero-order valence-corrected chi connectivity index (χ0v) is 20.8. The largest absolute Gasteiger partial charge is 0.438 e. The first-order valence-electron chi connectivity index (χ1n) is 12.5. The highest BCUT2D eigenvalue weighted by Gasteiger charge is 2.13. The van der Waals surface area contributed by atoms with Gasteiger partial charge in [-0.2, -0.15) is 9.98 Å². The molecule has 0 N–H and O–H groups in total. The Hall–Kier alpha value is -5.36. The Morgan fingerprint density at radius 3 is 1.33 bits per heavy atom. The average Bonchev–Trinajstić information content (AvgIpc) is 2.97. The number of amides is 2. The van der Waals surface area contributed by atoms with Crippen LogP contribution in [0.1, 0.15) is 6.42 Å². The minimum absolute atomic E-state index is 0.137. The van der Waals surface area contributed by atoms with Gasteiger partial charge in [-0.05, 0) is 35.4 Å². The Morgan fingerprint density at radius 2 is 0.897 bits per heavy atom. The predicted octanol–water partition coefficient (Wildman–Crippen LogP) is 6.46. The molecule has 0 unspecified atom stereocenters. The Kier molecular flexibility index (Phi) is 6.50. The fourth-order valence-electron chi connectivity index (χ4n) is 4.39. The van der Waals surface area contributed by atoms with Crippen molar-refractivity contribution in [3.05, 3.63) is 132 Å². The number of benzene rings is 4. The number of rotatable bonds is 4. The van der Waals surface area contributed by atoms with Crippen LogP contribution in [0.25, 0.3) is 44.2 Å². The number of hydrogen-bond donors (Lipinski definition) is 0. The van der Waals surface area contributed by atoms with Gasteiger partial charge < -0.3 is 8.83 Å². The van der Waals surface area contributed by atoms with Gasteiger partial charge in [0.2, 0.25) is 11.1 Å². The second-order valence-electron chi connectivity index (χ2n) is 8.93. The third-order valence-electron chi connectivity index (χ3n) is 6.24. The SMILES string of the molecule is O=C(CC(=O)N=c1oc2ccccc2cc1-c1ccccc1)N=c1oc2ccccc2cc1-c1ccccc1. The van der Waals surface area contributed by atoms with E-state index in [9.17, 15) is 9.59 Å². The van der Waals surface area contributed by atoms with Gasteiger partial charge in [0.15, 0.2) is 0 Å². The van der Waals surface area contributed by atoms with E-state index in [0.29, 0.717) is 22.3 Å². The normalized spacial score (nSPS) is 12.2. The lowest BCUT2D eigenvalue weighted by atomic mass is 10.1. The number of para-hydroxylation sites is 2. The average molecular weight is 511 g/mol. The minimum atomic E-state index is -0.665. The molecule has 2 aromatic heterocycles. The number of carbonyl (C=O) groups is 2. The second kappa shape index (κ2) is 10.6. The Labute approximate surface area is 223 Å². The first kappa shape index (κ1) is 24.0. The predicted molar refractivity (Wildman–Crippen MR) is 149 cm³/mol. The van der Waals surface area contributed by atoms with E-state index in [1.807, 2.05) is 109 Å². The van der Waals surface area contributed by atoms with E-state index in [4.69, 9.17) is 8.83 Å². The van der Waals surface area contributed by atoms with Crippen molar-refractivity contribution in [1.82, 2.24) is 0 Å². The number of nitrogens with zero attached hydrogens (tertiary/aromatic N) is 2. The summed E-state index contributed by atoms with van der Waals surface area (Å²) in [6.45, 7) is 0. The lowest BCUT2D eigenvalue weighted by molar-refractivity contribution is -0.125. The van der Waals surface area contributed by atoms with Crippen LogP contribution in [-0.2, 0) is 9.59 Å². The second-order valence-corrected chi connectivity index (χ2v) is 8.93. The summed E-state index contributed by atoms with van der Waals surface area (Å²) in [7, 11) is 0. The molecule has 6 nitrogen and oxygen atoms in total. The van der Waals surface area contributed by atoms with Crippen LogP contribution in [-0.4, -0.2) is 11.8 Å². The van der Waals surface area contributed by atoms with Crippen LogP contribution >= 0.6 is 0 Å². The van der Waals surface area contributed by atoms with Gasteiger partial charge in [-0.3, -0.25) is 9.59 Å². The van der Waals surface area contributed by atoms with E-state index in [1.165, 1.54) is 0 Å². The summed E-state index contributed by atoms with van der Waals surface area (Å²) in [6.07, 6.45) is -0.535. The molecule has 4 aromatic carbocycles. The molecule has 0 bridgehead atoms. The zero-order chi connectivity index (χ0) is 26.6. The molecule has 0 aliphatic heterocycles. The van der Waals surface area contributed by atoms with Crippen molar-refractivity contribution in [1.29, 1.82) is 0 Å². The Morgan fingerprint density at radius 1 is 0.513 bits per heavy atom. The maximum absolute atomic E-state index is 13.0.